The summed E-state index contributed by atoms with van der Waals surface area (Å²) in [6.45, 7) is 0.489. The molecule has 2 heterocycles. The Labute approximate surface area is 92.4 Å². The van der Waals surface area contributed by atoms with Gasteiger partial charge in [0, 0.05) is 19.0 Å². The summed E-state index contributed by atoms with van der Waals surface area (Å²) in [5, 5.41) is 12.8. The molecular weight excluding hydrogens is 208 g/mol. The first-order valence-electron chi connectivity index (χ1n) is 5.10. The predicted molar refractivity (Wildman–Crippen MR) is 55.5 cm³/mol. The number of piperidine rings is 1. The monoisotopic (exact) mass is 220 g/mol. The Hall–Kier alpha value is -1.98. The minimum atomic E-state index is -0.184. The lowest BCUT2D eigenvalue weighted by molar-refractivity contribution is -0.122. The van der Waals surface area contributed by atoms with Crippen LogP contribution in [0.5, 0.6) is 0 Å². The number of amides is 2. The van der Waals surface area contributed by atoms with Crippen molar-refractivity contribution in [3.05, 3.63) is 24.0 Å². The zero-order valence-electron chi connectivity index (χ0n) is 8.64. The van der Waals surface area contributed by atoms with Crippen molar-refractivity contribution in [1.29, 1.82) is 0 Å². The Balaban J connectivity index is 1.91. The number of carbonyl (C=O) groups excluding carboxylic acids is 2. The van der Waals surface area contributed by atoms with Gasteiger partial charge < -0.3 is 10.6 Å². The molecule has 2 rings (SSSR count). The van der Waals surface area contributed by atoms with Crippen molar-refractivity contribution in [2.45, 2.75) is 18.9 Å². The zero-order valence-corrected chi connectivity index (χ0v) is 8.64. The second-order valence-corrected chi connectivity index (χ2v) is 3.64. The van der Waals surface area contributed by atoms with Crippen molar-refractivity contribution >= 4 is 11.8 Å². The summed E-state index contributed by atoms with van der Waals surface area (Å²) in [5.74, 6) is -0.146. The van der Waals surface area contributed by atoms with Crippen LogP contribution in [0.4, 0.5) is 0 Å². The molecule has 2 N–H and O–H groups in total. The maximum atomic E-state index is 11.7. The Kier molecular flexibility index (Phi) is 3.09. The van der Waals surface area contributed by atoms with Crippen molar-refractivity contribution < 1.29 is 9.59 Å². The summed E-state index contributed by atoms with van der Waals surface area (Å²) in [6, 6.07) is 1.60. The lowest BCUT2D eigenvalue weighted by Gasteiger charge is -2.23. The van der Waals surface area contributed by atoms with Gasteiger partial charge in [0.05, 0.1) is 18.0 Å². The molecule has 2 amide bonds. The third kappa shape index (κ3) is 2.53. The molecule has 6 heteroatoms. The maximum Gasteiger partial charge on any atom is 0.253 e. The van der Waals surface area contributed by atoms with E-state index in [-0.39, 0.29) is 17.9 Å². The Morgan fingerprint density at radius 1 is 1.50 bits per heavy atom. The highest BCUT2D eigenvalue weighted by Crippen LogP contribution is 2.04. The van der Waals surface area contributed by atoms with E-state index in [9.17, 15) is 9.59 Å². The molecule has 0 aliphatic carbocycles. The molecule has 16 heavy (non-hydrogen) atoms. The number of aromatic nitrogens is 2. The van der Waals surface area contributed by atoms with Crippen LogP contribution in [0.3, 0.4) is 0 Å². The van der Waals surface area contributed by atoms with E-state index in [1.807, 2.05) is 0 Å². The highest BCUT2D eigenvalue weighted by molar-refractivity contribution is 5.94. The van der Waals surface area contributed by atoms with Gasteiger partial charge in [0.2, 0.25) is 5.91 Å². The number of nitrogens with one attached hydrogen (secondary N) is 2. The van der Waals surface area contributed by atoms with E-state index in [2.05, 4.69) is 20.8 Å². The molecule has 6 nitrogen and oxygen atoms in total. The number of hydrogen-bond acceptors (Lipinski definition) is 4. The van der Waals surface area contributed by atoms with Crippen LogP contribution in [0.1, 0.15) is 23.2 Å². The molecule has 1 saturated heterocycles. The molecule has 0 bridgehead atoms. The standard InChI is InChI=1S/C10H12N4O2/c15-9-2-1-8(6-11-9)14-10(16)7-3-4-12-13-5-7/h3-5,8H,1-2,6H2,(H,11,15)(H,14,16). The van der Waals surface area contributed by atoms with E-state index in [1.165, 1.54) is 12.4 Å². The first kappa shape index (κ1) is 10.5. The average Bonchev–Trinajstić information content (AvgIpc) is 2.33. The smallest absolute Gasteiger partial charge is 0.253 e. The van der Waals surface area contributed by atoms with Gasteiger partial charge >= 0.3 is 0 Å². The summed E-state index contributed by atoms with van der Waals surface area (Å²) in [6.07, 6.45) is 4.02. The molecule has 0 spiro atoms. The van der Waals surface area contributed by atoms with Gasteiger partial charge in [-0.25, -0.2) is 0 Å². The Morgan fingerprint density at radius 3 is 3.00 bits per heavy atom. The lowest BCUT2D eigenvalue weighted by Crippen LogP contribution is -2.47. The molecule has 1 aromatic rings. The first-order valence-corrected chi connectivity index (χ1v) is 5.10. The van der Waals surface area contributed by atoms with E-state index in [4.69, 9.17) is 0 Å². The summed E-state index contributed by atoms with van der Waals surface area (Å²) >= 11 is 0. The minimum absolute atomic E-state index is 0.00151. The Bertz CT molecular complexity index is 383. The van der Waals surface area contributed by atoms with Gasteiger partial charge in [0.15, 0.2) is 0 Å². The molecule has 1 unspecified atom stereocenters. The van der Waals surface area contributed by atoms with Gasteiger partial charge in [-0.1, -0.05) is 0 Å². The van der Waals surface area contributed by atoms with Crippen LogP contribution in [0.2, 0.25) is 0 Å². The molecule has 84 valence electrons. The second-order valence-electron chi connectivity index (χ2n) is 3.64. The summed E-state index contributed by atoms with van der Waals surface area (Å²) in [5.41, 5.74) is 0.479. The average molecular weight is 220 g/mol. The topological polar surface area (TPSA) is 84.0 Å². The molecule has 0 radical (unpaired) electrons. The fraction of sp³-hybridized carbons (Fsp3) is 0.400. The second kappa shape index (κ2) is 4.69. The molecule has 1 fully saturated rings. The minimum Gasteiger partial charge on any atom is -0.354 e. The number of rotatable bonds is 2. The molecule has 1 aromatic heterocycles. The third-order valence-corrected chi connectivity index (χ3v) is 2.45. The van der Waals surface area contributed by atoms with Gasteiger partial charge in [-0.15, -0.1) is 0 Å². The highest BCUT2D eigenvalue weighted by atomic mass is 16.2. The van der Waals surface area contributed by atoms with Crippen molar-refractivity contribution in [1.82, 2.24) is 20.8 Å². The molecule has 0 saturated carbocycles. The van der Waals surface area contributed by atoms with Gasteiger partial charge in [0.1, 0.15) is 0 Å². The zero-order chi connectivity index (χ0) is 11.4. The lowest BCUT2D eigenvalue weighted by atomic mass is 10.1. The van der Waals surface area contributed by atoms with Crippen LogP contribution < -0.4 is 10.6 Å². The normalized spacial score (nSPS) is 20.0. The molecule has 0 aromatic carbocycles. The number of nitrogens with zero attached hydrogens (tertiary/aromatic N) is 2. The van der Waals surface area contributed by atoms with E-state index in [0.29, 0.717) is 24.9 Å². The molecule has 1 atom stereocenters. The van der Waals surface area contributed by atoms with Gasteiger partial charge in [-0.3, -0.25) is 9.59 Å². The van der Waals surface area contributed by atoms with Crippen molar-refractivity contribution in [2.24, 2.45) is 0 Å². The van der Waals surface area contributed by atoms with Crippen molar-refractivity contribution in [2.75, 3.05) is 6.54 Å². The third-order valence-electron chi connectivity index (χ3n) is 2.45. The van der Waals surface area contributed by atoms with Crippen LogP contribution >= 0.6 is 0 Å². The highest BCUT2D eigenvalue weighted by Gasteiger charge is 2.19. The summed E-state index contributed by atoms with van der Waals surface area (Å²) in [4.78, 5) is 22.6. The fourth-order valence-corrected chi connectivity index (χ4v) is 1.55. The van der Waals surface area contributed by atoms with Gasteiger partial charge in [0.25, 0.3) is 5.91 Å². The summed E-state index contributed by atoms with van der Waals surface area (Å²) < 4.78 is 0. The van der Waals surface area contributed by atoms with Crippen LogP contribution in [-0.2, 0) is 4.79 Å². The van der Waals surface area contributed by atoms with E-state index in [1.54, 1.807) is 6.07 Å². The predicted octanol–water partition coefficient (Wildman–Crippen LogP) is -0.515. The van der Waals surface area contributed by atoms with Crippen molar-refractivity contribution in [3.8, 4) is 0 Å². The van der Waals surface area contributed by atoms with Gasteiger partial charge in [-0.05, 0) is 12.5 Å². The number of carbonyl (C=O) groups is 2. The maximum absolute atomic E-state index is 11.7. The molecule has 1 aliphatic rings. The van der Waals surface area contributed by atoms with E-state index < -0.39 is 0 Å². The Morgan fingerprint density at radius 2 is 2.38 bits per heavy atom. The quantitative estimate of drug-likeness (QED) is 0.702. The van der Waals surface area contributed by atoms with Crippen LogP contribution in [0.25, 0.3) is 0 Å². The van der Waals surface area contributed by atoms with E-state index in [0.717, 1.165) is 0 Å². The molecular formula is C10H12N4O2. The number of hydrogen-bond donors (Lipinski definition) is 2. The van der Waals surface area contributed by atoms with Crippen molar-refractivity contribution in [3.63, 3.8) is 0 Å². The SMILES string of the molecule is O=C1CCC(NC(=O)c2ccnnc2)CN1. The van der Waals surface area contributed by atoms with Crippen LogP contribution in [-0.4, -0.2) is 34.6 Å². The van der Waals surface area contributed by atoms with Crippen LogP contribution in [0.15, 0.2) is 18.5 Å². The van der Waals surface area contributed by atoms with E-state index >= 15 is 0 Å². The molecule has 1 aliphatic heterocycles. The summed E-state index contributed by atoms with van der Waals surface area (Å²) in [7, 11) is 0. The largest absolute Gasteiger partial charge is 0.354 e. The fourth-order valence-electron chi connectivity index (χ4n) is 1.55. The van der Waals surface area contributed by atoms with Crippen LogP contribution in [0, 0.1) is 0 Å². The van der Waals surface area contributed by atoms with Gasteiger partial charge in [-0.2, -0.15) is 10.2 Å². The first-order chi connectivity index (χ1) is 7.75.